The number of anilines is 1. The Morgan fingerprint density at radius 3 is 2.71 bits per heavy atom. The average Bonchev–Trinajstić information content (AvgIpc) is 2.29. The van der Waals surface area contributed by atoms with Crippen LogP contribution in [0, 0.1) is 0 Å². The normalized spacial score (nSPS) is 18.8. The molecule has 4 heteroatoms. The number of thiocarbonyl (C=S) groups is 1. The smallest absolute Gasteiger partial charge is 0.174 e. The Hall–Kier alpha value is -1.13. The van der Waals surface area contributed by atoms with Gasteiger partial charge in [0.1, 0.15) is 0 Å². The Labute approximate surface area is 108 Å². The van der Waals surface area contributed by atoms with Crippen molar-refractivity contribution in [2.45, 2.75) is 19.4 Å². The summed E-state index contributed by atoms with van der Waals surface area (Å²) in [6, 6.07) is 10.0. The lowest BCUT2D eigenvalue weighted by molar-refractivity contribution is -0.0137. The van der Waals surface area contributed by atoms with E-state index in [1.54, 1.807) is 0 Å². The van der Waals surface area contributed by atoms with Crippen LogP contribution in [0.3, 0.4) is 0 Å². The first-order valence-electron chi connectivity index (χ1n) is 5.81. The van der Waals surface area contributed by atoms with Gasteiger partial charge in [0.05, 0.1) is 18.8 Å². The van der Waals surface area contributed by atoms with Gasteiger partial charge < -0.3 is 15.0 Å². The molecule has 2 rings (SSSR count). The van der Waals surface area contributed by atoms with Crippen LogP contribution in [-0.2, 0) is 4.74 Å². The highest BCUT2D eigenvalue weighted by molar-refractivity contribution is 7.80. The monoisotopic (exact) mass is 250 g/mol. The van der Waals surface area contributed by atoms with Crippen LogP contribution in [-0.4, -0.2) is 35.3 Å². The van der Waals surface area contributed by atoms with Crippen LogP contribution in [0.2, 0.25) is 0 Å². The lowest BCUT2D eigenvalue weighted by Crippen LogP contribution is -2.56. The fourth-order valence-electron chi connectivity index (χ4n) is 1.95. The van der Waals surface area contributed by atoms with Gasteiger partial charge in [-0.3, -0.25) is 0 Å². The molecule has 17 heavy (non-hydrogen) atoms. The maximum absolute atomic E-state index is 5.49. The molecule has 1 fully saturated rings. The van der Waals surface area contributed by atoms with E-state index in [-0.39, 0.29) is 5.54 Å². The minimum atomic E-state index is -0.0445. The van der Waals surface area contributed by atoms with Crippen LogP contribution in [0.15, 0.2) is 30.3 Å². The van der Waals surface area contributed by atoms with Gasteiger partial charge >= 0.3 is 0 Å². The summed E-state index contributed by atoms with van der Waals surface area (Å²) in [6.07, 6.45) is 0. The molecule has 0 aliphatic carbocycles. The molecular formula is C13H18N2OS. The summed E-state index contributed by atoms with van der Waals surface area (Å²) in [5.74, 6) is 0. The number of ether oxygens (including phenoxy) is 1. The quantitative estimate of drug-likeness (QED) is 0.774. The summed E-state index contributed by atoms with van der Waals surface area (Å²) in [5, 5.41) is 4.04. The Bertz CT molecular complexity index is 392. The van der Waals surface area contributed by atoms with Crippen molar-refractivity contribution < 1.29 is 4.74 Å². The highest BCUT2D eigenvalue weighted by Gasteiger charge is 2.32. The highest BCUT2D eigenvalue weighted by Crippen LogP contribution is 2.20. The number of hydrogen-bond acceptors (Lipinski definition) is 2. The molecule has 1 aromatic rings. The second-order valence-electron chi connectivity index (χ2n) is 4.81. The zero-order valence-corrected chi connectivity index (χ0v) is 11.1. The van der Waals surface area contributed by atoms with Crippen LogP contribution in [0.1, 0.15) is 13.8 Å². The van der Waals surface area contributed by atoms with Gasteiger partial charge in [0.15, 0.2) is 5.11 Å². The van der Waals surface area contributed by atoms with E-state index in [0.717, 1.165) is 24.0 Å². The Kier molecular flexibility index (Phi) is 3.64. The second-order valence-corrected chi connectivity index (χ2v) is 5.20. The number of nitrogens with one attached hydrogen (secondary N) is 1. The summed E-state index contributed by atoms with van der Waals surface area (Å²) in [7, 11) is 0. The molecule has 0 amide bonds. The van der Waals surface area contributed by atoms with E-state index in [0.29, 0.717) is 6.61 Å². The van der Waals surface area contributed by atoms with Crippen LogP contribution in [0.4, 0.5) is 5.69 Å². The van der Waals surface area contributed by atoms with Gasteiger partial charge in [0.2, 0.25) is 0 Å². The lowest BCUT2D eigenvalue weighted by Gasteiger charge is -2.43. The molecule has 1 heterocycles. The van der Waals surface area contributed by atoms with Crippen molar-refractivity contribution in [3.8, 4) is 0 Å². The van der Waals surface area contributed by atoms with Gasteiger partial charge in [-0.25, -0.2) is 0 Å². The van der Waals surface area contributed by atoms with Crippen LogP contribution in [0.25, 0.3) is 0 Å². The summed E-state index contributed by atoms with van der Waals surface area (Å²) in [6.45, 7) is 6.57. The van der Waals surface area contributed by atoms with Crippen molar-refractivity contribution >= 4 is 23.0 Å². The van der Waals surface area contributed by atoms with E-state index >= 15 is 0 Å². The van der Waals surface area contributed by atoms with Crippen molar-refractivity contribution in [2.24, 2.45) is 0 Å². The van der Waals surface area contributed by atoms with Crippen molar-refractivity contribution in [1.82, 2.24) is 4.90 Å². The Morgan fingerprint density at radius 1 is 1.35 bits per heavy atom. The molecule has 0 aromatic heterocycles. The van der Waals surface area contributed by atoms with Gasteiger partial charge in [0, 0.05) is 12.2 Å². The van der Waals surface area contributed by atoms with Crippen LogP contribution >= 0.6 is 12.2 Å². The molecule has 3 nitrogen and oxygen atoms in total. The first-order chi connectivity index (χ1) is 8.09. The first kappa shape index (κ1) is 12.3. The molecule has 1 saturated heterocycles. The first-order valence-corrected chi connectivity index (χ1v) is 6.22. The van der Waals surface area contributed by atoms with Crippen molar-refractivity contribution in [1.29, 1.82) is 0 Å². The fraction of sp³-hybridized carbons (Fsp3) is 0.462. The minimum Gasteiger partial charge on any atom is -0.377 e. The number of nitrogens with zero attached hydrogens (tertiary/aromatic N) is 1. The van der Waals surface area contributed by atoms with Gasteiger partial charge in [-0.05, 0) is 38.2 Å². The summed E-state index contributed by atoms with van der Waals surface area (Å²) in [5.41, 5.74) is 0.983. The molecule has 1 aromatic carbocycles. The van der Waals surface area contributed by atoms with E-state index in [1.165, 1.54) is 0 Å². The number of benzene rings is 1. The standard InChI is InChI=1S/C13H18N2OS/c1-13(2)10-16-9-8-15(13)12(17)14-11-6-4-3-5-7-11/h3-7H,8-10H2,1-2H3,(H,14,17). The van der Waals surface area contributed by atoms with Gasteiger partial charge in [-0.2, -0.15) is 0 Å². The molecule has 1 aliphatic rings. The highest BCUT2D eigenvalue weighted by atomic mass is 32.1. The van der Waals surface area contributed by atoms with Gasteiger partial charge in [-0.15, -0.1) is 0 Å². The predicted molar refractivity (Wildman–Crippen MR) is 74.3 cm³/mol. The molecule has 0 radical (unpaired) electrons. The molecule has 0 atom stereocenters. The molecule has 0 saturated carbocycles. The Morgan fingerprint density at radius 2 is 2.06 bits per heavy atom. The summed E-state index contributed by atoms with van der Waals surface area (Å²) >= 11 is 5.46. The zero-order valence-electron chi connectivity index (χ0n) is 10.3. The second kappa shape index (κ2) is 5.02. The number of hydrogen-bond donors (Lipinski definition) is 1. The Balaban J connectivity index is 2.04. The zero-order chi connectivity index (χ0) is 12.3. The maximum atomic E-state index is 5.49. The predicted octanol–water partition coefficient (Wildman–Crippen LogP) is 2.49. The van der Waals surface area contributed by atoms with Gasteiger partial charge in [0.25, 0.3) is 0 Å². The van der Waals surface area contributed by atoms with Crippen molar-refractivity contribution in [3.63, 3.8) is 0 Å². The molecule has 92 valence electrons. The van der Waals surface area contributed by atoms with E-state index in [2.05, 4.69) is 24.1 Å². The molecule has 0 unspecified atom stereocenters. The third-order valence-electron chi connectivity index (χ3n) is 2.92. The largest absolute Gasteiger partial charge is 0.377 e. The van der Waals surface area contributed by atoms with E-state index < -0.39 is 0 Å². The molecule has 0 spiro atoms. The third-order valence-corrected chi connectivity index (χ3v) is 3.24. The van der Waals surface area contributed by atoms with Crippen LogP contribution < -0.4 is 5.32 Å². The number of rotatable bonds is 1. The van der Waals surface area contributed by atoms with E-state index in [4.69, 9.17) is 17.0 Å². The lowest BCUT2D eigenvalue weighted by atomic mass is 10.0. The molecule has 0 bridgehead atoms. The minimum absolute atomic E-state index is 0.0445. The van der Waals surface area contributed by atoms with Gasteiger partial charge in [-0.1, -0.05) is 18.2 Å². The third kappa shape index (κ3) is 2.96. The number of morpholine rings is 1. The number of para-hydroxylation sites is 1. The fourth-order valence-corrected chi connectivity index (χ4v) is 2.40. The van der Waals surface area contributed by atoms with E-state index in [1.807, 2.05) is 30.3 Å². The maximum Gasteiger partial charge on any atom is 0.174 e. The van der Waals surface area contributed by atoms with Crippen molar-refractivity contribution in [3.05, 3.63) is 30.3 Å². The molecular weight excluding hydrogens is 232 g/mol. The molecule has 1 aliphatic heterocycles. The summed E-state index contributed by atoms with van der Waals surface area (Å²) in [4.78, 5) is 2.19. The summed E-state index contributed by atoms with van der Waals surface area (Å²) < 4.78 is 5.49. The van der Waals surface area contributed by atoms with E-state index in [9.17, 15) is 0 Å². The topological polar surface area (TPSA) is 24.5 Å². The average molecular weight is 250 g/mol. The SMILES string of the molecule is CC1(C)COCCN1C(=S)Nc1ccccc1. The molecule has 1 N–H and O–H groups in total. The van der Waals surface area contributed by atoms with Crippen molar-refractivity contribution in [2.75, 3.05) is 25.1 Å². The van der Waals surface area contributed by atoms with Crippen LogP contribution in [0.5, 0.6) is 0 Å².